The van der Waals surface area contributed by atoms with Crippen LogP contribution in [0.2, 0.25) is 5.02 Å². The highest BCUT2D eigenvalue weighted by Crippen LogP contribution is 2.54. The van der Waals surface area contributed by atoms with Crippen LogP contribution in [0.4, 0.5) is 5.69 Å². The second-order valence-electron chi connectivity index (χ2n) is 9.88. The van der Waals surface area contributed by atoms with Crippen molar-refractivity contribution in [3.63, 3.8) is 0 Å². The molecule has 2 fully saturated rings. The number of fused-ring (bicyclic) bond motifs is 4. The van der Waals surface area contributed by atoms with Crippen LogP contribution in [0.25, 0.3) is 0 Å². The van der Waals surface area contributed by atoms with Crippen molar-refractivity contribution in [3.05, 3.63) is 52.0 Å². The van der Waals surface area contributed by atoms with Gasteiger partial charge in [-0.05, 0) is 49.1 Å². The number of nitrogens with two attached hydrogens (primary N) is 1. The molecule has 0 aliphatic carbocycles. The molecule has 1 spiro atoms. The van der Waals surface area contributed by atoms with Crippen LogP contribution in [0.5, 0.6) is 11.5 Å². The van der Waals surface area contributed by atoms with Crippen molar-refractivity contribution in [2.45, 2.75) is 37.8 Å². The first-order valence-electron chi connectivity index (χ1n) is 12.4. The molecule has 3 heterocycles. The van der Waals surface area contributed by atoms with Gasteiger partial charge in [0.05, 0.1) is 31.7 Å². The summed E-state index contributed by atoms with van der Waals surface area (Å²) in [5.41, 5.74) is 6.58. The molecular formula is C27H29ClN4O6. The van der Waals surface area contributed by atoms with E-state index in [1.807, 2.05) is 6.07 Å². The summed E-state index contributed by atoms with van der Waals surface area (Å²) in [5.74, 6) is -2.41. The summed E-state index contributed by atoms with van der Waals surface area (Å²) in [5, 5.41) is 6.66. The largest absolute Gasteiger partial charge is 0.493 e. The van der Waals surface area contributed by atoms with Crippen molar-refractivity contribution in [1.29, 1.82) is 0 Å². The quantitative estimate of drug-likeness (QED) is 0.434. The van der Waals surface area contributed by atoms with E-state index in [1.54, 1.807) is 38.3 Å². The SMILES string of the molecule is COc1ccc(CCN2C(=O)[C@H]3[C@@H](C2=O)[C@@]2(N[C@@H]3CCC(N)=O)C(=O)Nc3c2ccc(Cl)c3C)cc1OC. The smallest absolute Gasteiger partial charge is 0.250 e. The maximum atomic E-state index is 13.9. The lowest BCUT2D eigenvalue weighted by Gasteiger charge is -2.29. The standard InChI is InChI=1S/C27H29ClN4O6/c1-13-16(28)6-5-15-23(13)30-26(36)27(15)22-21(17(31-27)7-9-20(29)33)24(34)32(25(22)35)11-10-14-4-8-18(37-2)19(12-14)38-3/h4-6,8,12,17,21-22,31H,7,9-11H2,1-3H3,(H2,29,33)(H,30,36)/t17-,21-,22+,27-/m1/s1. The molecule has 4 atom stereocenters. The number of carbonyl (C=O) groups is 4. The molecule has 2 aromatic rings. The minimum absolute atomic E-state index is 0.0121. The zero-order chi connectivity index (χ0) is 27.4. The highest BCUT2D eigenvalue weighted by molar-refractivity contribution is 6.32. The summed E-state index contributed by atoms with van der Waals surface area (Å²) in [4.78, 5) is 54.1. The Morgan fingerprint density at radius 3 is 2.53 bits per heavy atom. The van der Waals surface area contributed by atoms with E-state index in [4.69, 9.17) is 26.8 Å². The number of halogens is 1. The van der Waals surface area contributed by atoms with Gasteiger partial charge in [-0.15, -0.1) is 0 Å². The molecular weight excluding hydrogens is 512 g/mol. The van der Waals surface area contributed by atoms with Crippen LogP contribution in [0, 0.1) is 18.8 Å². The van der Waals surface area contributed by atoms with E-state index in [0.29, 0.717) is 39.8 Å². The number of ether oxygens (including phenoxy) is 2. The number of rotatable bonds is 8. The lowest BCUT2D eigenvalue weighted by atomic mass is 9.76. The molecule has 38 heavy (non-hydrogen) atoms. The van der Waals surface area contributed by atoms with E-state index in [0.717, 1.165) is 5.56 Å². The molecule has 200 valence electrons. The number of nitrogens with zero attached hydrogens (tertiary/aromatic N) is 1. The topological polar surface area (TPSA) is 140 Å². The third-order valence-corrected chi connectivity index (χ3v) is 8.36. The molecule has 2 saturated heterocycles. The zero-order valence-electron chi connectivity index (χ0n) is 21.3. The van der Waals surface area contributed by atoms with Crippen molar-refractivity contribution >= 4 is 40.9 Å². The molecule has 0 bridgehead atoms. The fraction of sp³-hybridized carbons (Fsp3) is 0.407. The second kappa shape index (κ2) is 9.59. The molecule has 3 aliphatic heterocycles. The number of carbonyl (C=O) groups excluding carboxylic acids is 4. The summed E-state index contributed by atoms with van der Waals surface area (Å²) in [6.45, 7) is 1.92. The normalized spacial score (nSPS) is 25.5. The zero-order valence-corrected chi connectivity index (χ0v) is 22.1. The summed E-state index contributed by atoms with van der Waals surface area (Å²) < 4.78 is 10.6. The Labute approximate surface area is 224 Å². The van der Waals surface area contributed by atoms with E-state index < -0.39 is 41.1 Å². The third-order valence-electron chi connectivity index (χ3n) is 7.95. The first-order valence-corrected chi connectivity index (χ1v) is 12.7. The van der Waals surface area contributed by atoms with Gasteiger partial charge >= 0.3 is 0 Å². The lowest BCUT2D eigenvalue weighted by molar-refractivity contribution is -0.142. The summed E-state index contributed by atoms with van der Waals surface area (Å²) in [7, 11) is 3.08. The number of primary amides is 1. The molecule has 3 aliphatic rings. The van der Waals surface area contributed by atoms with Crippen molar-refractivity contribution in [2.75, 3.05) is 26.1 Å². The number of anilines is 1. The van der Waals surface area contributed by atoms with Crippen LogP contribution < -0.4 is 25.8 Å². The summed E-state index contributed by atoms with van der Waals surface area (Å²) in [6, 6.07) is 8.22. The maximum Gasteiger partial charge on any atom is 0.250 e. The van der Waals surface area contributed by atoms with Crippen LogP contribution in [0.1, 0.15) is 29.5 Å². The maximum absolute atomic E-state index is 13.9. The fourth-order valence-electron chi connectivity index (χ4n) is 6.09. The molecule has 4 amide bonds. The van der Waals surface area contributed by atoms with Crippen LogP contribution >= 0.6 is 11.6 Å². The number of nitrogens with one attached hydrogen (secondary N) is 2. The first-order chi connectivity index (χ1) is 18.1. The lowest BCUT2D eigenvalue weighted by Crippen LogP contribution is -2.53. The Hall–Kier alpha value is -3.63. The second-order valence-corrected chi connectivity index (χ2v) is 10.3. The molecule has 0 saturated carbocycles. The molecule has 0 unspecified atom stereocenters. The predicted octanol–water partition coefficient (Wildman–Crippen LogP) is 1.89. The van der Waals surface area contributed by atoms with E-state index in [-0.39, 0.29) is 25.3 Å². The molecule has 2 aromatic carbocycles. The Kier molecular flexibility index (Phi) is 6.56. The van der Waals surface area contributed by atoms with Gasteiger partial charge in [-0.3, -0.25) is 29.4 Å². The van der Waals surface area contributed by atoms with E-state index in [2.05, 4.69) is 10.6 Å². The van der Waals surface area contributed by atoms with Gasteiger partial charge in [-0.25, -0.2) is 0 Å². The van der Waals surface area contributed by atoms with Gasteiger partial charge in [0, 0.05) is 29.6 Å². The summed E-state index contributed by atoms with van der Waals surface area (Å²) >= 11 is 6.31. The molecule has 0 aromatic heterocycles. The Bertz CT molecular complexity index is 1360. The van der Waals surface area contributed by atoms with Crippen LogP contribution in [-0.2, 0) is 31.1 Å². The molecule has 0 radical (unpaired) electrons. The minimum atomic E-state index is -1.46. The number of hydrogen-bond acceptors (Lipinski definition) is 7. The molecule has 4 N–H and O–H groups in total. The van der Waals surface area contributed by atoms with Crippen LogP contribution in [0.15, 0.2) is 30.3 Å². The highest BCUT2D eigenvalue weighted by Gasteiger charge is 2.70. The van der Waals surface area contributed by atoms with Crippen LogP contribution in [-0.4, -0.2) is 55.3 Å². The van der Waals surface area contributed by atoms with Gasteiger partial charge < -0.3 is 20.5 Å². The Balaban J connectivity index is 1.50. The number of amides is 4. The van der Waals surface area contributed by atoms with Gasteiger partial charge in [-0.2, -0.15) is 0 Å². The Morgan fingerprint density at radius 1 is 1.11 bits per heavy atom. The van der Waals surface area contributed by atoms with Gasteiger partial charge in [-0.1, -0.05) is 23.7 Å². The third kappa shape index (κ3) is 3.82. The first kappa shape index (κ1) is 26.0. The highest BCUT2D eigenvalue weighted by atomic mass is 35.5. The summed E-state index contributed by atoms with van der Waals surface area (Å²) in [6.07, 6.45) is 0.620. The van der Waals surface area contributed by atoms with E-state index >= 15 is 0 Å². The number of hydrogen-bond donors (Lipinski definition) is 3. The predicted molar refractivity (Wildman–Crippen MR) is 139 cm³/mol. The van der Waals surface area contributed by atoms with Crippen molar-refractivity contribution < 1.29 is 28.7 Å². The molecule has 11 heteroatoms. The van der Waals surface area contributed by atoms with Gasteiger partial charge in [0.25, 0.3) is 0 Å². The van der Waals surface area contributed by atoms with Gasteiger partial charge in [0.1, 0.15) is 5.54 Å². The van der Waals surface area contributed by atoms with E-state index in [1.165, 1.54) is 12.0 Å². The number of imide groups is 1. The average molecular weight is 541 g/mol. The molecule has 10 nitrogen and oxygen atoms in total. The Morgan fingerprint density at radius 2 is 1.84 bits per heavy atom. The number of benzene rings is 2. The van der Waals surface area contributed by atoms with Crippen molar-refractivity contribution in [1.82, 2.24) is 10.2 Å². The number of likely N-dealkylation sites (tertiary alicyclic amines) is 1. The molecule has 5 rings (SSSR count). The van der Waals surface area contributed by atoms with Crippen LogP contribution in [0.3, 0.4) is 0 Å². The van der Waals surface area contributed by atoms with Crippen molar-refractivity contribution in [3.8, 4) is 11.5 Å². The average Bonchev–Trinajstić information content (AvgIpc) is 3.48. The fourth-order valence-corrected chi connectivity index (χ4v) is 6.25. The van der Waals surface area contributed by atoms with E-state index in [9.17, 15) is 19.2 Å². The number of methoxy groups -OCH3 is 2. The van der Waals surface area contributed by atoms with Crippen molar-refractivity contribution in [2.24, 2.45) is 17.6 Å². The van der Waals surface area contributed by atoms with Gasteiger partial charge in [0.15, 0.2) is 11.5 Å². The van der Waals surface area contributed by atoms with Gasteiger partial charge in [0.2, 0.25) is 23.6 Å². The monoisotopic (exact) mass is 540 g/mol. The minimum Gasteiger partial charge on any atom is -0.493 e.